The van der Waals surface area contributed by atoms with E-state index in [1.807, 2.05) is 6.92 Å². The van der Waals surface area contributed by atoms with Crippen molar-refractivity contribution >= 4 is 11.5 Å². The number of carbonyl (C=O) groups excluding carboxylic acids is 1. The Morgan fingerprint density at radius 1 is 1.05 bits per heavy atom. The van der Waals surface area contributed by atoms with Crippen molar-refractivity contribution in [2.45, 2.75) is 20.3 Å². The van der Waals surface area contributed by atoms with Crippen LogP contribution in [0.25, 0.3) is 11.1 Å². The molecule has 0 heterocycles. The molecule has 0 fully saturated rings. The number of benzene rings is 2. The minimum absolute atomic E-state index is 0.0589. The van der Waals surface area contributed by atoms with Crippen LogP contribution in [-0.2, 0) is 11.2 Å². The first-order valence-corrected chi connectivity index (χ1v) is 6.80. The van der Waals surface area contributed by atoms with Gasteiger partial charge in [0.2, 0.25) is 0 Å². The van der Waals surface area contributed by atoms with Crippen molar-refractivity contribution in [3.8, 4) is 11.1 Å². The number of carbonyl (C=O) groups is 1. The van der Waals surface area contributed by atoms with Gasteiger partial charge in [0.25, 0.3) is 0 Å². The zero-order valence-electron chi connectivity index (χ0n) is 11.7. The summed E-state index contributed by atoms with van der Waals surface area (Å²) in [6, 6.07) is 14.9. The second-order valence-electron chi connectivity index (χ2n) is 5.27. The molecule has 0 atom stereocenters. The summed E-state index contributed by atoms with van der Waals surface area (Å²) in [5.74, 6) is 0.0589. The maximum Gasteiger partial charge on any atom is 0.154 e. The van der Waals surface area contributed by atoms with E-state index in [-0.39, 0.29) is 5.78 Å². The lowest BCUT2D eigenvalue weighted by molar-refractivity contribution is -0.112. The Balaban J connectivity index is 1.89. The summed E-state index contributed by atoms with van der Waals surface area (Å²) in [6.07, 6.45) is 2.60. The first-order valence-electron chi connectivity index (χ1n) is 6.80. The average molecular weight is 263 g/mol. The van der Waals surface area contributed by atoms with E-state index in [2.05, 4.69) is 47.8 Å². The summed E-state index contributed by atoms with van der Waals surface area (Å²) >= 11 is 0. The number of allylic oxidation sites excluding steroid dienone is 2. The van der Waals surface area contributed by atoms with Crippen molar-refractivity contribution < 1.29 is 4.79 Å². The van der Waals surface area contributed by atoms with Gasteiger partial charge in [-0.05, 0) is 60.7 Å². The molecule has 1 aliphatic rings. The fourth-order valence-corrected chi connectivity index (χ4v) is 2.79. The molecule has 0 aromatic heterocycles. The van der Waals surface area contributed by atoms with E-state index >= 15 is 0 Å². The Bertz CT molecular complexity index is 713. The Kier molecular flexibility index (Phi) is 3.15. The molecule has 0 unspecified atom stereocenters. The first-order chi connectivity index (χ1) is 9.63. The quantitative estimate of drug-likeness (QED) is 0.719. The van der Waals surface area contributed by atoms with Crippen molar-refractivity contribution in [3.05, 3.63) is 65.4 Å². The molecular weight excluding hydrogens is 246 g/mol. The van der Waals surface area contributed by atoms with Crippen LogP contribution in [-0.4, -0.2) is 5.78 Å². The lowest BCUT2D eigenvalue weighted by atomic mass is 10.1. The maximum atomic E-state index is 11.1. The van der Waals surface area contributed by atoms with E-state index in [0.717, 1.165) is 17.8 Å². The van der Waals surface area contributed by atoms with Gasteiger partial charge in [0.05, 0.1) is 0 Å². The van der Waals surface area contributed by atoms with Gasteiger partial charge < -0.3 is 5.32 Å². The summed E-state index contributed by atoms with van der Waals surface area (Å²) in [7, 11) is 0. The van der Waals surface area contributed by atoms with Gasteiger partial charge in [-0.25, -0.2) is 0 Å². The van der Waals surface area contributed by atoms with Crippen LogP contribution in [0.5, 0.6) is 0 Å². The lowest BCUT2D eigenvalue weighted by Gasteiger charge is -2.08. The molecule has 2 aromatic rings. The highest BCUT2D eigenvalue weighted by Gasteiger charge is 2.17. The average Bonchev–Trinajstić information content (AvgIpc) is 2.75. The second kappa shape index (κ2) is 4.97. The molecule has 100 valence electrons. The third-order valence-corrected chi connectivity index (χ3v) is 3.55. The molecule has 1 N–H and O–H groups in total. The summed E-state index contributed by atoms with van der Waals surface area (Å²) in [4.78, 5) is 11.1. The SMILES string of the molecule is CC(=O)/C=C(\C)Nc1ccc2c(c1)Cc1ccccc1-2. The van der Waals surface area contributed by atoms with Crippen LogP contribution in [0.3, 0.4) is 0 Å². The zero-order chi connectivity index (χ0) is 14.1. The molecule has 0 amide bonds. The maximum absolute atomic E-state index is 11.1. The van der Waals surface area contributed by atoms with Gasteiger partial charge in [-0.2, -0.15) is 0 Å². The van der Waals surface area contributed by atoms with Gasteiger partial charge in [0.1, 0.15) is 0 Å². The molecular formula is C18H17NO. The molecule has 0 aliphatic heterocycles. The number of nitrogens with one attached hydrogen (secondary N) is 1. The third kappa shape index (κ3) is 2.37. The third-order valence-electron chi connectivity index (χ3n) is 3.55. The monoisotopic (exact) mass is 263 g/mol. The highest BCUT2D eigenvalue weighted by molar-refractivity contribution is 5.88. The van der Waals surface area contributed by atoms with Crippen LogP contribution in [0, 0.1) is 0 Å². The summed E-state index contributed by atoms with van der Waals surface area (Å²) in [5.41, 5.74) is 7.28. The lowest BCUT2D eigenvalue weighted by Crippen LogP contribution is -1.98. The van der Waals surface area contributed by atoms with E-state index in [1.54, 1.807) is 13.0 Å². The highest BCUT2D eigenvalue weighted by Crippen LogP contribution is 2.37. The number of fused-ring (bicyclic) bond motifs is 3. The molecule has 1 aliphatic carbocycles. The van der Waals surface area contributed by atoms with Crippen molar-refractivity contribution in [2.24, 2.45) is 0 Å². The van der Waals surface area contributed by atoms with Crippen LogP contribution >= 0.6 is 0 Å². The minimum atomic E-state index is 0.0589. The van der Waals surface area contributed by atoms with Crippen LogP contribution in [0.4, 0.5) is 5.69 Å². The second-order valence-corrected chi connectivity index (χ2v) is 5.27. The van der Waals surface area contributed by atoms with Crippen molar-refractivity contribution in [2.75, 3.05) is 5.32 Å². The minimum Gasteiger partial charge on any atom is -0.359 e. The Hall–Kier alpha value is -2.35. The van der Waals surface area contributed by atoms with Gasteiger partial charge in [0, 0.05) is 11.4 Å². The normalized spacial score (nSPS) is 12.8. The van der Waals surface area contributed by atoms with Crippen molar-refractivity contribution in [1.29, 1.82) is 0 Å². The van der Waals surface area contributed by atoms with Gasteiger partial charge >= 0.3 is 0 Å². The van der Waals surface area contributed by atoms with E-state index in [0.29, 0.717) is 0 Å². The van der Waals surface area contributed by atoms with Gasteiger partial charge in [-0.1, -0.05) is 30.3 Å². The van der Waals surface area contributed by atoms with E-state index in [4.69, 9.17) is 0 Å². The highest BCUT2D eigenvalue weighted by atomic mass is 16.1. The molecule has 0 saturated carbocycles. The summed E-state index contributed by atoms with van der Waals surface area (Å²) in [6.45, 7) is 3.47. The number of ketones is 1. The fraction of sp³-hybridized carbons (Fsp3) is 0.167. The van der Waals surface area contributed by atoms with Crippen molar-refractivity contribution in [1.82, 2.24) is 0 Å². The van der Waals surface area contributed by atoms with Crippen LogP contribution in [0.15, 0.2) is 54.2 Å². The number of anilines is 1. The molecule has 0 saturated heterocycles. The van der Waals surface area contributed by atoms with Crippen LogP contribution in [0.2, 0.25) is 0 Å². The molecule has 2 nitrogen and oxygen atoms in total. The molecule has 2 aromatic carbocycles. The predicted molar refractivity (Wildman–Crippen MR) is 82.7 cm³/mol. The Morgan fingerprint density at radius 2 is 1.80 bits per heavy atom. The first kappa shape index (κ1) is 12.7. The summed E-state index contributed by atoms with van der Waals surface area (Å²) < 4.78 is 0. The number of hydrogen-bond acceptors (Lipinski definition) is 2. The number of hydrogen-bond donors (Lipinski definition) is 1. The molecule has 20 heavy (non-hydrogen) atoms. The number of rotatable bonds is 3. The Morgan fingerprint density at radius 3 is 2.60 bits per heavy atom. The zero-order valence-corrected chi connectivity index (χ0v) is 11.7. The molecule has 0 radical (unpaired) electrons. The predicted octanol–water partition coefficient (Wildman–Crippen LogP) is 4.16. The smallest absolute Gasteiger partial charge is 0.154 e. The topological polar surface area (TPSA) is 29.1 Å². The molecule has 0 bridgehead atoms. The van der Waals surface area contributed by atoms with E-state index < -0.39 is 0 Å². The van der Waals surface area contributed by atoms with E-state index in [9.17, 15) is 4.79 Å². The Labute approximate surface area is 119 Å². The van der Waals surface area contributed by atoms with Crippen LogP contribution < -0.4 is 5.32 Å². The summed E-state index contributed by atoms with van der Waals surface area (Å²) in [5, 5.41) is 3.27. The van der Waals surface area contributed by atoms with E-state index in [1.165, 1.54) is 22.3 Å². The molecule has 2 heteroatoms. The van der Waals surface area contributed by atoms with Gasteiger partial charge in [-0.15, -0.1) is 0 Å². The largest absolute Gasteiger partial charge is 0.359 e. The fourth-order valence-electron chi connectivity index (χ4n) is 2.79. The van der Waals surface area contributed by atoms with Gasteiger partial charge in [-0.3, -0.25) is 4.79 Å². The van der Waals surface area contributed by atoms with Crippen LogP contribution in [0.1, 0.15) is 25.0 Å². The molecule has 3 rings (SSSR count). The van der Waals surface area contributed by atoms with Gasteiger partial charge in [0.15, 0.2) is 5.78 Å². The van der Waals surface area contributed by atoms with Crippen molar-refractivity contribution in [3.63, 3.8) is 0 Å². The molecule has 0 spiro atoms. The standard InChI is InChI=1S/C18H17NO/c1-12(9-13(2)20)19-16-7-8-18-15(11-16)10-14-5-3-4-6-17(14)18/h3-9,11,19H,10H2,1-2H3/b12-9+.